The molecule has 0 spiro atoms. The zero-order chi connectivity index (χ0) is 14.1. The van der Waals surface area contributed by atoms with Gasteiger partial charge in [0.15, 0.2) is 0 Å². The van der Waals surface area contributed by atoms with E-state index in [1.165, 1.54) is 12.1 Å². The van der Waals surface area contributed by atoms with E-state index in [-0.39, 0.29) is 11.6 Å². The second-order valence-corrected chi connectivity index (χ2v) is 4.32. The summed E-state index contributed by atoms with van der Waals surface area (Å²) in [5.41, 5.74) is 1.11. The van der Waals surface area contributed by atoms with Crippen LogP contribution < -0.4 is 10.6 Å². The van der Waals surface area contributed by atoms with E-state index in [1.807, 2.05) is 0 Å². The quantitative estimate of drug-likeness (QED) is 0.661. The first kappa shape index (κ1) is 15.0. The van der Waals surface area contributed by atoms with Crippen molar-refractivity contribution >= 4 is 12.0 Å². The van der Waals surface area contributed by atoms with Crippen LogP contribution in [-0.4, -0.2) is 23.7 Å². The van der Waals surface area contributed by atoms with Crippen molar-refractivity contribution < 1.29 is 14.7 Å². The van der Waals surface area contributed by atoms with Crippen LogP contribution in [0.15, 0.2) is 24.3 Å². The van der Waals surface area contributed by atoms with Crippen LogP contribution in [0.4, 0.5) is 4.79 Å². The summed E-state index contributed by atoms with van der Waals surface area (Å²) in [7, 11) is 0. The average Bonchev–Trinajstić information content (AvgIpc) is 2.42. The van der Waals surface area contributed by atoms with Gasteiger partial charge in [0.25, 0.3) is 0 Å². The highest BCUT2D eigenvalue weighted by atomic mass is 16.4. The molecule has 0 saturated carbocycles. The fourth-order valence-electron chi connectivity index (χ4n) is 1.59. The molecule has 0 heterocycles. The normalized spacial score (nSPS) is 9.95. The summed E-state index contributed by atoms with van der Waals surface area (Å²) >= 11 is 0. The third kappa shape index (κ3) is 5.90. The van der Waals surface area contributed by atoms with Gasteiger partial charge in [0.2, 0.25) is 0 Å². The van der Waals surface area contributed by atoms with Gasteiger partial charge in [0.1, 0.15) is 0 Å². The van der Waals surface area contributed by atoms with E-state index < -0.39 is 5.97 Å². The van der Waals surface area contributed by atoms with Crippen molar-refractivity contribution in [3.8, 4) is 0 Å². The zero-order valence-corrected chi connectivity index (χ0v) is 11.1. The number of benzene rings is 1. The maximum atomic E-state index is 11.4. The Hall–Kier alpha value is -2.04. The Morgan fingerprint density at radius 3 is 2.37 bits per heavy atom. The lowest BCUT2D eigenvalue weighted by atomic mass is 10.1. The maximum absolute atomic E-state index is 11.4. The van der Waals surface area contributed by atoms with Gasteiger partial charge >= 0.3 is 12.0 Å². The number of hydrogen-bond acceptors (Lipinski definition) is 2. The number of carbonyl (C=O) groups excluding carboxylic acids is 1. The molecule has 2 amide bonds. The first-order valence-electron chi connectivity index (χ1n) is 6.47. The van der Waals surface area contributed by atoms with Crippen molar-refractivity contribution in [3.05, 3.63) is 35.4 Å². The lowest BCUT2D eigenvalue weighted by Gasteiger charge is -2.07. The van der Waals surface area contributed by atoms with Crippen LogP contribution in [-0.2, 0) is 6.54 Å². The maximum Gasteiger partial charge on any atom is 0.335 e. The number of carbonyl (C=O) groups is 2. The topological polar surface area (TPSA) is 78.4 Å². The number of unbranched alkanes of at least 4 members (excludes halogenated alkanes) is 2. The number of carboxylic acids is 1. The van der Waals surface area contributed by atoms with Crippen molar-refractivity contribution in [2.75, 3.05) is 6.54 Å². The third-order valence-corrected chi connectivity index (χ3v) is 2.72. The molecule has 0 radical (unpaired) electrons. The molecule has 0 fully saturated rings. The minimum atomic E-state index is -0.951. The molecule has 0 saturated heterocycles. The van der Waals surface area contributed by atoms with Gasteiger partial charge in [-0.2, -0.15) is 0 Å². The predicted octanol–water partition coefficient (Wildman–Crippen LogP) is 2.37. The van der Waals surface area contributed by atoms with Crippen LogP contribution in [0, 0.1) is 0 Å². The fourth-order valence-corrected chi connectivity index (χ4v) is 1.59. The number of carboxylic acid groups (broad SMARTS) is 1. The summed E-state index contributed by atoms with van der Waals surface area (Å²) < 4.78 is 0. The molecule has 0 aliphatic heterocycles. The number of nitrogens with one attached hydrogen (secondary N) is 2. The van der Waals surface area contributed by atoms with Crippen molar-refractivity contribution in [1.29, 1.82) is 0 Å². The number of amides is 2. The van der Waals surface area contributed by atoms with E-state index in [0.29, 0.717) is 13.1 Å². The highest BCUT2D eigenvalue weighted by molar-refractivity contribution is 5.87. The second-order valence-electron chi connectivity index (χ2n) is 4.32. The first-order chi connectivity index (χ1) is 9.13. The molecule has 0 aliphatic carbocycles. The van der Waals surface area contributed by atoms with Crippen LogP contribution >= 0.6 is 0 Å². The Bertz CT molecular complexity index is 415. The van der Waals surface area contributed by atoms with Crippen molar-refractivity contribution in [3.63, 3.8) is 0 Å². The molecule has 5 heteroatoms. The highest BCUT2D eigenvalue weighted by Gasteiger charge is 2.03. The van der Waals surface area contributed by atoms with Crippen LogP contribution in [0.25, 0.3) is 0 Å². The lowest BCUT2D eigenvalue weighted by molar-refractivity contribution is 0.0697. The van der Waals surface area contributed by atoms with E-state index in [2.05, 4.69) is 17.6 Å². The summed E-state index contributed by atoms with van der Waals surface area (Å²) in [4.78, 5) is 22.1. The van der Waals surface area contributed by atoms with E-state index in [4.69, 9.17) is 5.11 Å². The minimum absolute atomic E-state index is 0.196. The second kappa shape index (κ2) is 8.13. The average molecular weight is 264 g/mol. The van der Waals surface area contributed by atoms with Gasteiger partial charge in [0.05, 0.1) is 5.56 Å². The van der Waals surface area contributed by atoms with Gasteiger partial charge in [-0.3, -0.25) is 0 Å². The van der Waals surface area contributed by atoms with Gasteiger partial charge in [-0.1, -0.05) is 31.9 Å². The van der Waals surface area contributed by atoms with Gasteiger partial charge in [0, 0.05) is 13.1 Å². The van der Waals surface area contributed by atoms with Gasteiger partial charge < -0.3 is 15.7 Å². The Labute approximate surface area is 113 Å². The monoisotopic (exact) mass is 264 g/mol. The third-order valence-electron chi connectivity index (χ3n) is 2.72. The Kier molecular flexibility index (Phi) is 6.43. The summed E-state index contributed by atoms with van der Waals surface area (Å²) in [5.74, 6) is -0.951. The van der Waals surface area contributed by atoms with E-state index in [1.54, 1.807) is 12.1 Å². The van der Waals surface area contributed by atoms with Gasteiger partial charge in [-0.25, -0.2) is 9.59 Å². The van der Waals surface area contributed by atoms with Crippen molar-refractivity contribution in [2.45, 2.75) is 32.7 Å². The zero-order valence-electron chi connectivity index (χ0n) is 11.1. The fraction of sp³-hybridized carbons (Fsp3) is 0.429. The number of urea groups is 1. The summed E-state index contributed by atoms with van der Waals surface area (Å²) in [6.45, 7) is 3.18. The molecule has 1 rings (SSSR count). The van der Waals surface area contributed by atoms with Crippen LogP contribution in [0.2, 0.25) is 0 Å². The molecule has 1 aromatic carbocycles. The molecule has 5 nitrogen and oxygen atoms in total. The molecule has 0 aromatic heterocycles. The smallest absolute Gasteiger partial charge is 0.335 e. The van der Waals surface area contributed by atoms with Crippen LogP contribution in [0.5, 0.6) is 0 Å². The minimum Gasteiger partial charge on any atom is -0.478 e. The number of rotatable bonds is 7. The predicted molar refractivity (Wildman–Crippen MR) is 73.2 cm³/mol. The number of hydrogen-bond donors (Lipinski definition) is 3. The summed E-state index contributed by atoms with van der Waals surface area (Å²) in [6, 6.07) is 6.25. The van der Waals surface area contributed by atoms with E-state index in [9.17, 15) is 9.59 Å². The van der Waals surface area contributed by atoms with Crippen molar-refractivity contribution in [1.82, 2.24) is 10.6 Å². The number of aromatic carboxylic acids is 1. The van der Waals surface area contributed by atoms with Gasteiger partial charge in [-0.05, 0) is 24.1 Å². The molecule has 0 unspecified atom stereocenters. The SMILES string of the molecule is CCCCCNC(=O)NCc1ccc(C(=O)O)cc1. The molecule has 1 aromatic rings. The van der Waals surface area contributed by atoms with Gasteiger partial charge in [-0.15, -0.1) is 0 Å². The summed E-state index contributed by atoms with van der Waals surface area (Å²) in [5, 5.41) is 14.3. The lowest BCUT2D eigenvalue weighted by Crippen LogP contribution is -2.35. The molecule has 0 bridgehead atoms. The molecule has 3 N–H and O–H groups in total. The molecular weight excluding hydrogens is 244 g/mol. The van der Waals surface area contributed by atoms with Crippen molar-refractivity contribution in [2.24, 2.45) is 0 Å². The molecule has 19 heavy (non-hydrogen) atoms. The Morgan fingerprint density at radius 2 is 1.79 bits per heavy atom. The van der Waals surface area contributed by atoms with Crippen LogP contribution in [0.1, 0.15) is 42.1 Å². The highest BCUT2D eigenvalue weighted by Crippen LogP contribution is 2.04. The Balaban J connectivity index is 2.28. The molecule has 0 aliphatic rings. The first-order valence-corrected chi connectivity index (χ1v) is 6.47. The standard InChI is InChI=1S/C14H20N2O3/c1-2-3-4-9-15-14(19)16-10-11-5-7-12(8-6-11)13(17)18/h5-8H,2-4,9-10H2,1H3,(H,17,18)(H2,15,16,19). The molecule has 104 valence electrons. The largest absolute Gasteiger partial charge is 0.478 e. The molecular formula is C14H20N2O3. The molecule has 0 atom stereocenters. The van der Waals surface area contributed by atoms with Crippen LogP contribution in [0.3, 0.4) is 0 Å². The Morgan fingerprint density at radius 1 is 1.11 bits per heavy atom. The van der Waals surface area contributed by atoms with E-state index in [0.717, 1.165) is 24.8 Å². The summed E-state index contributed by atoms with van der Waals surface area (Å²) in [6.07, 6.45) is 3.22. The van der Waals surface area contributed by atoms with E-state index >= 15 is 0 Å².